The number of hydrogen-bond acceptors (Lipinski definition) is 8. The van der Waals surface area contributed by atoms with Gasteiger partial charge >= 0.3 is 11.9 Å². The second-order valence-electron chi connectivity index (χ2n) is 6.27. The van der Waals surface area contributed by atoms with E-state index in [9.17, 15) is 9.59 Å². The molecule has 0 aromatic heterocycles. The normalized spacial score (nSPS) is 10.7. The molecular weight excluding hydrogens is 392 g/mol. The van der Waals surface area contributed by atoms with Crippen LogP contribution in [0.5, 0.6) is 0 Å². The molecule has 0 aliphatic heterocycles. The van der Waals surface area contributed by atoms with E-state index in [1.807, 2.05) is 6.92 Å². The van der Waals surface area contributed by atoms with Crippen molar-refractivity contribution in [1.29, 1.82) is 0 Å². The third-order valence-electron chi connectivity index (χ3n) is 3.99. The zero-order valence-electron chi connectivity index (χ0n) is 17.9. The number of carbonyl (C=O) groups is 2. The molecule has 0 aliphatic rings. The first kappa shape index (κ1) is 27.6. The first-order valence-corrected chi connectivity index (χ1v) is 9.68. The van der Waals surface area contributed by atoms with Crippen LogP contribution in [-0.2, 0) is 38.0 Å². The lowest BCUT2D eigenvalue weighted by Gasteiger charge is -2.32. The topological polar surface area (TPSA) is 89.5 Å². The number of ether oxygens (including phenoxy) is 6. The van der Waals surface area contributed by atoms with Crippen molar-refractivity contribution in [3.63, 3.8) is 0 Å². The Morgan fingerprint density at radius 1 is 0.700 bits per heavy atom. The van der Waals surface area contributed by atoms with Gasteiger partial charge in [-0.25, -0.2) is 9.59 Å². The average molecular weight is 427 g/mol. The molecule has 170 valence electrons. The van der Waals surface area contributed by atoms with E-state index in [1.165, 1.54) is 6.08 Å². The summed E-state index contributed by atoms with van der Waals surface area (Å²) < 4.78 is 32.2. The van der Waals surface area contributed by atoms with Gasteiger partial charge in [-0.3, -0.25) is 0 Å². The highest BCUT2D eigenvalue weighted by Crippen LogP contribution is 2.24. The van der Waals surface area contributed by atoms with Gasteiger partial charge in [0.05, 0.1) is 39.6 Å². The number of esters is 2. The minimum atomic E-state index is -0.498. The van der Waals surface area contributed by atoms with Crippen molar-refractivity contribution in [3.05, 3.63) is 50.3 Å². The molecule has 8 nitrogen and oxygen atoms in total. The van der Waals surface area contributed by atoms with Gasteiger partial charge in [-0.15, -0.1) is 0 Å². The van der Waals surface area contributed by atoms with Gasteiger partial charge in [0.1, 0.15) is 25.6 Å². The molecule has 0 amide bonds. The van der Waals surface area contributed by atoms with Crippen molar-refractivity contribution in [2.24, 2.45) is 5.41 Å². The Morgan fingerprint density at radius 2 is 1.10 bits per heavy atom. The predicted molar refractivity (Wildman–Crippen MR) is 113 cm³/mol. The zero-order valence-corrected chi connectivity index (χ0v) is 17.9. The Morgan fingerprint density at radius 3 is 1.43 bits per heavy atom. The lowest BCUT2D eigenvalue weighted by molar-refractivity contribution is -0.141. The SMILES string of the molecule is C=CC(=C)OCCOCC(CC)(COCCOC(=O)C=C)COCCOC(=O)C=C. The van der Waals surface area contributed by atoms with Gasteiger partial charge < -0.3 is 28.4 Å². The summed E-state index contributed by atoms with van der Waals surface area (Å²) in [6.45, 7) is 18.4. The van der Waals surface area contributed by atoms with Crippen LogP contribution in [0.25, 0.3) is 0 Å². The zero-order chi connectivity index (χ0) is 22.7. The van der Waals surface area contributed by atoms with Crippen LogP contribution in [0.3, 0.4) is 0 Å². The summed E-state index contributed by atoms with van der Waals surface area (Å²) in [6, 6.07) is 0. The highest BCUT2D eigenvalue weighted by atomic mass is 16.6. The third kappa shape index (κ3) is 13.7. The molecule has 0 saturated carbocycles. The highest BCUT2D eigenvalue weighted by Gasteiger charge is 2.30. The van der Waals surface area contributed by atoms with Crippen molar-refractivity contribution >= 4 is 11.9 Å². The molecule has 0 spiro atoms. The number of rotatable bonds is 20. The Labute approximate surface area is 179 Å². The molecule has 0 aliphatic carbocycles. The van der Waals surface area contributed by atoms with Crippen molar-refractivity contribution in [2.45, 2.75) is 13.3 Å². The van der Waals surface area contributed by atoms with Crippen molar-refractivity contribution < 1.29 is 38.0 Å². The standard InChI is InChI=1S/C22H34O8/c1-6-19(5)28-13-10-25-16-22(9-4,17-26-11-14-29-20(23)7-2)18-27-12-15-30-21(24)8-3/h6-8H,1-3,5,9-18H2,4H3. The molecule has 0 bridgehead atoms. The van der Waals surface area contributed by atoms with E-state index in [-0.39, 0.29) is 26.4 Å². The summed E-state index contributed by atoms with van der Waals surface area (Å²) in [5.74, 6) is -0.514. The Balaban J connectivity index is 4.52. The van der Waals surface area contributed by atoms with Crippen molar-refractivity contribution in [1.82, 2.24) is 0 Å². The molecule has 0 atom stereocenters. The lowest BCUT2D eigenvalue weighted by atomic mass is 9.88. The van der Waals surface area contributed by atoms with Gasteiger partial charge in [-0.05, 0) is 12.5 Å². The van der Waals surface area contributed by atoms with E-state index in [2.05, 4.69) is 26.3 Å². The van der Waals surface area contributed by atoms with E-state index in [1.54, 1.807) is 0 Å². The summed E-state index contributed by atoms with van der Waals surface area (Å²) in [6.07, 6.45) is 4.43. The minimum Gasteiger partial charge on any atom is -0.492 e. The van der Waals surface area contributed by atoms with Crippen LogP contribution < -0.4 is 0 Å². The van der Waals surface area contributed by atoms with Gasteiger partial charge in [-0.2, -0.15) is 0 Å². The van der Waals surface area contributed by atoms with Crippen LogP contribution in [0.1, 0.15) is 13.3 Å². The van der Waals surface area contributed by atoms with Crippen molar-refractivity contribution in [3.8, 4) is 0 Å². The molecule has 30 heavy (non-hydrogen) atoms. The first-order chi connectivity index (χ1) is 14.4. The molecule has 0 rings (SSSR count). The Hall–Kier alpha value is -2.42. The van der Waals surface area contributed by atoms with Crippen LogP contribution in [0, 0.1) is 5.41 Å². The molecular formula is C22H34O8. The van der Waals surface area contributed by atoms with E-state index in [0.717, 1.165) is 12.2 Å². The Kier molecular flexibility index (Phi) is 16.0. The van der Waals surface area contributed by atoms with Gasteiger partial charge in [0.2, 0.25) is 0 Å². The second-order valence-corrected chi connectivity index (χ2v) is 6.27. The maximum Gasteiger partial charge on any atom is 0.330 e. The molecule has 0 fully saturated rings. The van der Waals surface area contributed by atoms with E-state index in [4.69, 9.17) is 28.4 Å². The predicted octanol–water partition coefficient (Wildman–Crippen LogP) is 2.61. The molecule has 8 heteroatoms. The summed E-state index contributed by atoms with van der Waals surface area (Å²) in [4.78, 5) is 22.1. The van der Waals surface area contributed by atoms with E-state index in [0.29, 0.717) is 45.2 Å². The molecule has 0 radical (unpaired) electrons. The van der Waals surface area contributed by atoms with Crippen molar-refractivity contribution in [2.75, 3.05) is 59.5 Å². The average Bonchev–Trinajstić information content (AvgIpc) is 2.76. The van der Waals surface area contributed by atoms with E-state index >= 15 is 0 Å². The minimum absolute atomic E-state index is 0.126. The maximum absolute atomic E-state index is 11.1. The summed E-state index contributed by atoms with van der Waals surface area (Å²) in [5, 5.41) is 0. The highest BCUT2D eigenvalue weighted by molar-refractivity contribution is 5.81. The van der Waals surface area contributed by atoms with Gasteiger partial charge in [-0.1, -0.05) is 33.2 Å². The van der Waals surface area contributed by atoms with Crippen LogP contribution >= 0.6 is 0 Å². The van der Waals surface area contributed by atoms with Crippen LogP contribution in [0.15, 0.2) is 50.3 Å². The molecule has 0 aromatic rings. The quantitative estimate of drug-likeness (QED) is 0.0965. The summed E-state index contributed by atoms with van der Waals surface area (Å²) >= 11 is 0. The summed E-state index contributed by atoms with van der Waals surface area (Å²) in [7, 11) is 0. The van der Waals surface area contributed by atoms with Gasteiger partial charge in [0, 0.05) is 17.6 Å². The second kappa shape index (κ2) is 17.4. The van der Waals surface area contributed by atoms with Gasteiger partial charge in [0.15, 0.2) is 0 Å². The fourth-order valence-corrected chi connectivity index (χ4v) is 2.11. The smallest absolute Gasteiger partial charge is 0.330 e. The van der Waals surface area contributed by atoms with Crippen LogP contribution in [-0.4, -0.2) is 71.4 Å². The van der Waals surface area contributed by atoms with Crippen LogP contribution in [0.4, 0.5) is 0 Å². The molecule has 0 saturated heterocycles. The molecule has 0 aromatic carbocycles. The molecule has 0 unspecified atom stereocenters. The van der Waals surface area contributed by atoms with Gasteiger partial charge in [0.25, 0.3) is 0 Å². The molecule has 0 heterocycles. The number of hydrogen-bond donors (Lipinski definition) is 0. The maximum atomic E-state index is 11.1. The number of carbonyl (C=O) groups excluding carboxylic acids is 2. The summed E-state index contributed by atoms with van der Waals surface area (Å²) in [5.41, 5.74) is -0.430. The first-order valence-electron chi connectivity index (χ1n) is 9.68. The fourth-order valence-electron chi connectivity index (χ4n) is 2.11. The Bertz CT molecular complexity index is 481. The lowest BCUT2D eigenvalue weighted by Crippen LogP contribution is -2.38. The fraction of sp³-hybridized carbons (Fsp3) is 0.545. The monoisotopic (exact) mass is 426 g/mol. The van der Waals surface area contributed by atoms with E-state index < -0.39 is 17.4 Å². The molecule has 0 N–H and O–H groups in total. The van der Waals surface area contributed by atoms with Crippen LogP contribution in [0.2, 0.25) is 0 Å². The third-order valence-corrected chi connectivity index (χ3v) is 3.99. The number of allylic oxidation sites excluding steroid dienone is 1. The largest absolute Gasteiger partial charge is 0.492 e.